The lowest BCUT2D eigenvalue weighted by Crippen LogP contribution is -2.49. The summed E-state index contributed by atoms with van der Waals surface area (Å²) in [5.74, 6) is 2.63. The summed E-state index contributed by atoms with van der Waals surface area (Å²) >= 11 is 1.96. The van der Waals surface area contributed by atoms with Crippen LogP contribution in [0.1, 0.15) is 38.5 Å². The van der Waals surface area contributed by atoms with Crippen LogP contribution in [0.15, 0.2) is 0 Å². The summed E-state index contributed by atoms with van der Waals surface area (Å²) in [7, 11) is 0. The van der Waals surface area contributed by atoms with Crippen molar-refractivity contribution in [2.45, 2.75) is 38.5 Å². The highest BCUT2D eigenvalue weighted by Gasteiger charge is 2.40. The summed E-state index contributed by atoms with van der Waals surface area (Å²) < 4.78 is 0. The van der Waals surface area contributed by atoms with Crippen LogP contribution in [0.4, 0.5) is 0 Å². The number of hydrogen-bond acceptors (Lipinski definition) is 3. The molecule has 17 heavy (non-hydrogen) atoms. The van der Waals surface area contributed by atoms with Crippen molar-refractivity contribution in [2.75, 3.05) is 31.1 Å². The summed E-state index contributed by atoms with van der Waals surface area (Å²) in [6.07, 6.45) is 6.76. The third-order valence-corrected chi connectivity index (χ3v) is 5.21. The van der Waals surface area contributed by atoms with Gasteiger partial charge in [0.1, 0.15) is 0 Å². The van der Waals surface area contributed by atoms with E-state index in [1.165, 1.54) is 25.0 Å². The van der Waals surface area contributed by atoms with Crippen molar-refractivity contribution in [2.24, 2.45) is 11.1 Å². The number of carbonyl (C=O) groups excluding carboxylic acids is 1. The molecular weight excluding hydrogens is 232 g/mol. The molecule has 0 radical (unpaired) electrons. The smallest absolute Gasteiger partial charge is 0.230 e. The molecule has 0 bridgehead atoms. The van der Waals surface area contributed by atoms with E-state index in [-0.39, 0.29) is 5.41 Å². The van der Waals surface area contributed by atoms with E-state index >= 15 is 0 Å². The van der Waals surface area contributed by atoms with Gasteiger partial charge in [-0.25, -0.2) is 0 Å². The van der Waals surface area contributed by atoms with Crippen LogP contribution >= 0.6 is 11.8 Å². The number of nitrogens with two attached hydrogens (primary N) is 1. The summed E-state index contributed by atoms with van der Waals surface area (Å²) in [5, 5.41) is 0. The van der Waals surface area contributed by atoms with Crippen LogP contribution in [0.5, 0.6) is 0 Å². The van der Waals surface area contributed by atoms with Crippen molar-refractivity contribution in [3.8, 4) is 0 Å². The first-order valence-electron chi connectivity index (χ1n) is 6.86. The predicted octanol–water partition coefficient (Wildman–Crippen LogP) is 1.86. The highest BCUT2D eigenvalue weighted by atomic mass is 32.2. The van der Waals surface area contributed by atoms with Gasteiger partial charge in [0, 0.05) is 25.4 Å². The van der Waals surface area contributed by atoms with Gasteiger partial charge < -0.3 is 10.6 Å². The molecule has 1 amide bonds. The minimum atomic E-state index is -0.215. The first kappa shape index (κ1) is 13.2. The lowest BCUT2D eigenvalue weighted by Gasteiger charge is -2.38. The molecular formula is C13H24N2OS. The van der Waals surface area contributed by atoms with Gasteiger partial charge in [0.15, 0.2) is 0 Å². The summed E-state index contributed by atoms with van der Waals surface area (Å²) in [6.45, 7) is 2.40. The molecule has 1 aliphatic heterocycles. The first-order valence-corrected chi connectivity index (χ1v) is 8.01. The van der Waals surface area contributed by atoms with Gasteiger partial charge >= 0.3 is 0 Å². The number of carbonyl (C=O) groups is 1. The molecule has 0 unspecified atom stereocenters. The Balaban J connectivity index is 2.04. The van der Waals surface area contributed by atoms with Gasteiger partial charge in [-0.2, -0.15) is 11.8 Å². The monoisotopic (exact) mass is 256 g/mol. The zero-order valence-corrected chi connectivity index (χ0v) is 11.4. The Morgan fingerprint density at radius 3 is 2.59 bits per heavy atom. The summed E-state index contributed by atoms with van der Waals surface area (Å²) in [5.41, 5.74) is 5.72. The van der Waals surface area contributed by atoms with Crippen LogP contribution in [0.25, 0.3) is 0 Å². The Bertz CT molecular complexity index is 256. The topological polar surface area (TPSA) is 46.3 Å². The second kappa shape index (κ2) is 6.10. The minimum absolute atomic E-state index is 0.215. The van der Waals surface area contributed by atoms with E-state index in [9.17, 15) is 4.79 Å². The Morgan fingerprint density at radius 2 is 1.88 bits per heavy atom. The van der Waals surface area contributed by atoms with Gasteiger partial charge in [-0.05, 0) is 25.0 Å². The van der Waals surface area contributed by atoms with Crippen LogP contribution in [-0.4, -0.2) is 41.9 Å². The first-order chi connectivity index (χ1) is 8.28. The predicted molar refractivity (Wildman–Crippen MR) is 73.1 cm³/mol. The molecule has 1 heterocycles. The van der Waals surface area contributed by atoms with E-state index < -0.39 is 0 Å². The standard InChI is InChI=1S/C13H24N2OS/c14-11-13(5-2-1-3-6-13)12(16)15-7-4-9-17-10-8-15/h1-11,14H2. The third kappa shape index (κ3) is 2.97. The number of thioether (sulfide) groups is 1. The molecule has 2 rings (SSSR count). The van der Waals surface area contributed by atoms with Crippen molar-refractivity contribution < 1.29 is 4.79 Å². The minimum Gasteiger partial charge on any atom is -0.341 e. The van der Waals surface area contributed by atoms with Crippen LogP contribution < -0.4 is 5.73 Å². The number of hydrogen-bond donors (Lipinski definition) is 1. The Labute approximate surface area is 108 Å². The van der Waals surface area contributed by atoms with Crippen molar-refractivity contribution >= 4 is 17.7 Å². The lowest BCUT2D eigenvalue weighted by molar-refractivity contribution is -0.143. The fourth-order valence-corrected chi connectivity index (χ4v) is 3.91. The quantitative estimate of drug-likeness (QED) is 0.820. The molecule has 1 aliphatic carbocycles. The van der Waals surface area contributed by atoms with Crippen LogP contribution in [-0.2, 0) is 4.79 Å². The second-order valence-corrected chi connectivity index (χ2v) is 6.53. The van der Waals surface area contributed by atoms with Crippen LogP contribution in [0.2, 0.25) is 0 Å². The maximum absolute atomic E-state index is 12.7. The van der Waals surface area contributed by atoms with Gasteiger partial charge in [-0.1, -0.05) is 19.3 Å². The fraction of sp³-hybridized carbons (Fsp3) is 0.923. The number of rotatable bonds is 2. The van der Waals surface area contributed by atoms with Gasteiger partial charge in [0.2, 0.25) is 5.91 Å². The molecule has 98 valence electrons. The van der Waals surface area contributed by atoms with Gasteiger partial charge in [-0.3, -0.25) is 4.79 Å². The maximum atomic E-state index is 12.7. The van der Waals surface area contributed by atoms with E-state index in [0.717, 1.165) is 38.1 Å². The second-order valence-electron chi connectivity index (χ2n) is 5.30. The van der Waals surface area contributed by atoms with E-state index in [2.05, 4.69) is 4.90 Å². The molecule has 0 aromatic heterocycles. The third-order valence-electron chi connectivity index (χ3n) is 4.16. The van der Waals surface area contributed by atoms with Crippen molar-refractivity contribution in [3.05, 3.63) is 0 Å². The van der Waals surface area contributed by atoms with Crippen molar-refractivity contribution in [3.63, 3.8) is 0 Å². The fourth-order valence-electron chi connectivity index (χ4n) is 3.02. The van der Waals surface area contributed by atoms with Crippen LogP contribution in [0, 0.1) is 5.41 Å². The molecule has 4 heteroatoms. The number of nitrogens with zero attached hydrogens (tertiary/aromatic N) is 1. The van der Waals surface area contributed by atoms with Crippen molar-refractivity contribution in [1.29, 1.82) is 0 Å². The van der Waals surface area contributed by atoms with Gasteiger partial charge in [0.25, 0.3) is 0 Å². The largest absolute Gasteiger partial charge is 0.341 e. The Kier molecular flexibility index (Phi) is 4.74. The maximum Gasteiger partial charge on any atom is 0.230 e. The molecule has 0 aromatic carbocycles. The van der Waals surface area contributed by atoms with Gasteiger partial charge in [0.05, 0.1) is 5.41 Å². The van der Waals surface area contributed by atoms with Crippen molar-refractivity contribution in [1.82, 2.24) is 4.90 Å². The van der Waals surface area contributed by atoms with E-state index in [1.54, 1.807) is 0 Å². The lowest BCUT2D eigenvalue weighted by atomic mass is 9.73. The Hall–Kier alpha value is -0.220. The normalized spacial score (nSPS) is 25.4. The zero-order valence-electron chi connectivity index (χ0n) is 10.6. The molecule has 2 N–H and O–H groups in total. The van der Waals surface area contributed by atoms with E-state index in [1.807, 2.05) is 11.8 Å². The van der Waals surface area contributed by atoms with Gasteiger partial charge in [-0.15, -0.1) is 0 Å². The highest BCUT2D eigenvalue weighted by molar-refractivity contribution is 7.99. The Morgan fingerprint density at radius 1 is 1.12 bits per heavy atom. The molecule has 1 saturated heterocycles. The zero-order chi connectivity index (χ0) is 12.1. The average Bonchev–Trinajstić information content (AvgIpc) is 2.67. The molecule has 2 fully saturated rings. The highest BCUT2D eigenvalue weighted by Crippen LogP contribution is 2.37. The number of amides is 1. The summed E-state index contributed by atoms with van der Waals surface area (Å²) in [4.78, 5) is 14.8. The molecule has 0 aromatic rings. The summed E-state index contributed by atoms with van der Waals surface area (Å²) in [6, 6.07) is 0. The average molecular weight is 256 g/mol. The molecule has 2 aliphatic rings. The molecule has 0 atom stereocenters. The van der Waals surface area contributed by atoms with Crippen LogP contribution in [0.3, 0.4) is 0 Å². The van der Waals surface area contributed by atoms with E-state index in [0.29, 0.717) is 12.5 Å². The molecule has 3 nitrogen and oxygen atoms in total. The molecule has 0 spiro atoms. The molecule has 1 saturated carbocycles. The van der Waals surface area contributed by atoms with E-state index in [4.69, 9.17) is 5.73 Å². The SMILES string of the molecule is NCC1(C(=O)N2CCCSCC2)CCCCC1.